The van der Waals surface area contributed by atoms with Crippen molar-refractivity contribution in [1.29, 1.82) is 0 Å². The Balaban J connectivity index is 1.34. The van der Waals surface area contributed by atoms with Gasteiger partial charge in [-0.05, 0) is 44.7 Å². The van der Waals surface area contributed by atoms with Crippen LogP contribution in [-0.2, 0) is 33.9 Å². The second-order valence-corrected chi connectivity index (χ2v) is 20.0. The number of anilines is 1. The van der Waals surface area contributed by atoms with E-state index >= 15 is 0 Å². The fraction of sp³-hybridized carbons (Fsp3) is 0.429. The standard InChI is InChI=1S/C42H50N8O10S2/c1-10-25-21-42(25,36(54)49-62(56,57)39-48-47-37(61-39)43-23(2)51)46-34(52)31-19-27(22-50(31)35(53)33(40(3,4)5)45-38(55)60-41(6,7)8)59-32-20-29(24-14-12-11-13-15-24)44-30-18-26(58-9)16-17-28(30)32/h10-18,20,25,27,31,33H,1,19,21-22H2,2-9H3,(H,45,55)(H,46,52)(H,49,54)(H,43,47,51). The van der Waals surface area contributed by atoms with Gasteiger partial charge in [0.05, 0.1) is 24.9 Å². The molecule has 2 aromatic carbocycles. The second-order valence-electron chi connectivity index (χ2n) is 17.2. The van der Waals surface area contributed by atoms with Gasteiger partial charge in [0.1, 0.15) is 40.8 Å². The number of rotatable bonds is 13. The van der Waals surface area contributed by atoms with Gasteiger partial charge in [-0.1, -0.05) is 68.5 Å². The van der Waals surface area contributed by atoms with Gasteiger partial charge in [-0.3, -0.25) is 19.2 Å². The summed E-state index contributed by atoms with van der Waals surface area (Å²) < 4.78 is 45.7. The smallest absolute Gasteiger partial charge is 0.408 e. The highest BCUT2D eigenvalue weighted by molar-refractivity contribution is 7.92. The van der Waals surface area contributed by atoms with Gasteiger partial charge in [-0.15, -0.1) is 16.8 Å². The maximum Gasteiger partial charge on any atom is 0.408 e. The van der Waals surface area contributed by atoms with Crippen LogP contribution < -0.4 is 30.1 Å². The number of ether oxygens (including phenoxy) is 3. The quantitative estimate of drug-likeness (QED) is 0.106. The van der Waals surface area contributed by atoms with E-state index in [9.17, 15) is 32.4 Å². The Morgan fingerprint density at radius 1 is 1.02 bits per heavy atom. The van der Waals surface area contributed by atoms with Crippen LogP contribution in [0.25, 0.3) is 22.2 Å². The summed E-state index contributed by atoms with van der Waals surface area (Å²) in [5.41, 5.74) is -1.55. The average molecular weight is 891 g/mol. The van der Waals surface area contributed by atoms with Crippen molar-refractivity contribution in [3.63, 3.8) is 0 Å². The molecule has 1 aliphatic carbocycles. The number of nitrogens with one attached hydrogen (secondary N) is 4. The third-order valence-corrected chi connectivity index (χ3v) is 12.7. The van der Waals surface area contributed by atoms with Crippen molar-refractivity contribution in [3.8, 4) is 22.8 Å². The summed E-state index contributed by atoms with van der Waals surface area (Å²) in [6, 6.07) is 14.1. The van der Waals surface area contributed by atoms with E-state index in [0.717, 1.165) is 5.56 Å². The third-order valence-electron chi connectivity index (χ3n) is 10.2. The molecule has 2 aromatic heterocycles. The zero-order valence-electron chi connectivity index (χ0n) is 35.6. The monoisotopic (exact) mass is 890 g/mol. The predicted octanol–water partition coefficient (Wildman–Crippen LogP) is 4.57. The zero-order chi connectivity index (χ0) is 45.4. The van der Waals surface area contributed by atoms with Gasteiger partial charge < -0.3 is 35.1 Å². The molecule has 4 aromatic rings. The van der Waals surface area contributed by atoms with Crippen molar-refractivity contribution in [2.24, 2.45) is 11.3 Å². The summed E-state index contributed by atoms with van der Waals surface area (Å²) >= 11 is 0.528. The molecule has 0 spiro atoms. The highest BCUT2D eigenvalue weighted by atomic mass is 32.2. The van der Waals surface area contributed by atoms with Crippen LogP contribution >= 0.6 is 11.3 Å². The van der Waals surface area contributed by atoms with Gasteiger partial charge in [-0.2, -0.15) is 8.42 Å². The van der Waals surface area contributed by atoms with Crippen LogP contribution in [0.15, 0.2) is 71.6 Å². The number of sulfonamides is 1. The molecule has 6 rings (SSSR count). The van der Waals surface area contributed by atoms with Gasteiger partial charge in [0.2, 0.25) is 22.9 Å². The number of nitrogens with zero attached hydrogens (tertiary/aromatic N) is 4. The SMILES string of the molecule is C=CC1CC1(NC(=O)C1CC(Oc2cc(-c3ccccc3)nc3cc(OC)ccc23)CN1C(=O)C(NC(=O)OC(C)(C)C)C(C)(C)C)C(=O)NS(=O)(=O)c1nnc(NC(C)=O)s1. The fourth-order valence-electron chi connectivity index (χ4n) is 7.07. The minimum Gasteiger partial charge on any atom is -0.497 e. The topological polar surface area (TPSA) is 237 Å². The van der Waals surface area contributed by atoms with Crippen molar-refractivity contribution in [2.45, 2.75) is 95.0 Å². The number of methoxy groups -OCH3 is 1. The lowest BCUT2D eigenvalue weighted by Gasteiger charge is -2.36. The summed E-state index contributed by atoms with van der Waals surface area (Å²) in [6.45, 7) is 15.2. The molecule has 62 heavy (non-hydrogen) atoms. The Bertz CT molecular complexity index is 2520. The summed E-state index contributed by atoms with van der Waals surface area (Å²) in [4.78, 5) is 74.0. The van der Waals surface area contributed by atoms with Gasteiger partial charge in [0, 0.05) is 42.3 Å². The average Bonchev–Trinajstić information content (AvgIpc) is 3.45. The molecule has 0 radical (unpaired) electrons. The zero-order valence-corrected chi connectivity index (χ0v) is 37.2. The molecule has 1 saturated heterocycles. The Labute approximate surface area is 363 Å². The largest absolute Gasteiger partial charge is 0.497 e. The molecule has 4 N–H and O–H groups in total. The maximum atomic E-state index is 14.8. The lowest BCUT2D eigenvalue weighted by Crippen LogP contribution is -2.60. The predicted molar refractivity (Wildman–Crippen MR) is 230 cm³/mol. The van der Waals surface area contributed by atoms with E-state index in [-0.39, 0.29) is 24.5 Å². The molecule has 330 valence electrons. The molecular weight excluding hydrogens is 841 g/mol. The van der Waals surface area contributed by atoms with E-state index in [0.29, 0.717) is 39.4 Å². The number of amides is 5. The minimum absolute atomic E-state index is 0.00298. The molecule has 3 heterocycles. The van der Waals surface area contributed by atoms with Crippen LogP contribution in [0.5, 0.6) is 11.5 Å². The Morgan fingerprint density at radius 2 is 1.73 bits per heavy atom. The molecule has 5 unspecified atom stereocenters. The summed E-state index contributed by atoms with van der Waals surface area (Å²) in [6.07, 6.45) is -0.286. The summed E-state index contributed by atoms with van der Waals surface area (Å²) in [5.74, 6) is -2.66. The van der Waals surface area contributed by atoms with E-state index in [1.165, 1.54) is 17.9 Å². The number of carbonyl (C=O) groups is 5. The van der Waals surface area contributed by atoms with Crippen molar-refractivity contribution in [2.75, 3.05) is 19.0 Å². The van der Waals surface area contributed by atoms with Crippen LogP contribution in [0.1, 0.15) is 61.3 Å². The Kier molecular flexibility index (Phi) is 12.7. The number of pyridine rings is 1. The van der Waals surface area contributed by atoms with E-state index in [2.05, 4.69) is 32.7 Å². The summed E-state index contributed by atoms with van der Waals surface area (Å²) in [7, 11) is -3.06. The first-order valence-corrected chi connectivity index (χ1v) is 22.0. The van der Waals surface area contributed by atoms with Crippen LogP contribution in [0, 0.1) is 11.3 Å². The van der Waals surface area contributed by atoms with E-state index in [1.807, 2.05) is 35.1 Å². The van der Waals surface area contributed by atoms with Gasteiger partial charge in [0.25, 0.3) is 20.3 Å². The van der Waals surface area contributed by atoms with E-state index in [4.69, 9.17) is 19.2 Å². The molecule has 2 fully saturated rings. The first-order chi connectivity index (χ1) is 29.0. The van der Waals surface area contributed by atoms with Crippen molar-refractivity contribution in [1.82, 2.24) is 35.4 Å². The first kappa shape index (κ1) is 45.4. The number of likely N-dealkylation sites (tertiary alicyclic amines) is 1. The van der Waals surface area contributed by atoms with Crippen molar-refractivity contribution in [3.05, 3.63) is 67.3 Å². The number of carbonyl (C=O) groups excluding carboxylic acids is 5. The number of hydrogen-bond acceptors (Lipinski definition) is 14. The number of fused-ring (bicyclic) bond motifs is 1. The molecule has 1 aliphatic heterocycles. The minimum atomic E-state index is -4.61. The molecule has 5 atom stereocenters. The Morgan fingerprint density at radius 3 is 2.34 bits per heavy atom. The molecule has 20 heteroatoms. The van der Waals surface area contributed by atoms with E-state index in [1.54, 1.807) is 72.9 Å². The molecule has 2 aliphatic rings. The van der Waals surface area contributed by atoms with Crippen LogP contribution in [0.2, 0.25) is 0 Å². The molecule has 1 saturated carbocycles. The van der Waals surface area contributed by atoms with E-state index < -0.39 is 84.7 Å². The number of benzene rings is 2. The second kappa shape index (κ2) is 17.3. The normalized spacial score (nSPS) is 20.4. The van der Waals surface area contributed by atoms with Crippen molar-refractivity contribution >= 4 is 67.1 Å². The molecule has 18 nitrogen and oxygen atoms in total. The lowest BCUT2D eigenvalue weighted by atomic mass is 9.85. The first-order valence-electron chi connectivity index (χ1n) is 19.7. The van der Waals surface area contributed by atoms with Crippen LogP contribution in [-0.4, -0.2) is 101 Å². The highest BCUT2D eigenvalue weighted by Gasteiger charge is 2.62. The van der Waals surface area contributed by atoms with Crippen molar-refractivity contribution < 1.29 is 46.6 Å². The summed E-state index contributed by atoms with van der Waals surface area (Å²) in [5, 5.41) is 15.6. The van der Waals surface area contributed by atoms with Crippen LogP contribution in [0.3, 0.4) is 0 Å². The number of alkyl carbamates (subject to hydrolysis) is 1. The Hall–Kier alpha value is -6.15. The lowest BCUT2D eigenvalue weighted by molar-refractivity contribution is -0.143. The van der Waals surface area contributed by atoms with Crippen LogP contribution in [0.4, 0.5) is 9.93 Å². The number of hydrogen-bond donors (Lipinski definition) is 4. The molecular formula is C42H50N8O10S2. The van der Waals surface area contributed by atoms with Gasteiger partial charge in [-0.25, -0.2) is 14.5 Å². The van der Waals surface area contributed by atoms with Gasteiger partial charge >= 0.3 is 6.09 Å². The molecule has 5 amide bonds. The molecule has 0 bridgehead atoms. The highest BCUT2D eigenvalue weighted by Crippen LogP contribution is 2.45. The fourth-order valence-corrected chi connectivity index (χ4v) is 9.05. The third kappa shape index (κ3) is 10.1. The van der Waals surface area contributed by atoms with Gasteiger partial charge in [0.15, 0.2) is 0 Å². The maximum absolute atomic E-state index is 14.8. The number of aromatic nitrogens is 3.